The summed E-state index contributed by atoms with van der Waals surface area (Å²) in [7, 11) is 0. The Kier molecular flexibility index (Phi) is 4.03. The summed E-state index contributed by atoms with van der Waals surface area (Å²) >= 11 is 0. The first-order valence-electron chi connectivity index (χ1n) is 7.51. The van der Waals surface area contributed by atoms with Crippen LogP contribution in [-0.2, 0) is 0 Å². The van der Waals surface area contributed by atoms with E-state index in [1.54, 1.807) is 0 Å². The van der Waals surface area contributed by atoms with Gasteiger partial charge in [-0.05, 0) is 43.0 Å². The van der Waals surface area contributed by atoms with Gasteiger partial charge in [-0.1, -0.05) is 49.7 Å². The molecule has 0 saturated heterocycles. The van der Waals surface area contributed by atoms with E-state index in [-0.39, 0.29) is 0 Å². The molecule has 0 radical (unpaired) electrons. The second-order valence-corrected chi connectivity index (χ2v) is 5.65. The van der Waals surface area contributed by atoms with Crippen molar-refractivity contribution in [3.05, 3.63) is 60.7 Å². The summed E-state index contributed by atoms with van der Waals surface area (Å²) in [5.74, 6) is 0.741. The molecular formula is C18H22N2. The monoisotopic (exact) mass is 266 g/mol. The topological polar surface area (TPSA) is 15.3 Å². The summed E-state index contributed by atoms with van der Waals surface area (Å²) in [6, 6.07) is 21.6. The van der Waals surface area contributed by atoms with Gasteiger partial charge in [0.2, 0.25) is 0 Å². The van der Waals surface area contributed by atoms with Crippen LogP contribution in [0.5, 0.6) is 0 Å². The standard InChI is InChI=1S/C18H22N2/c1-15-9-8-14-18(15)19-20(16-10-4-2-5-11-16)17-12-6-3-7-13-17/h2-7,10-13,15,18-19H,8-9,14H2,1H3. The van der Waals surface area contributed by atoms with Gasteiger partial charge in [-0.25, -0.2) is 5.43 Å². The number of nitrogens with one attached hydrogen (secondary N) is 1. The molecule has 0 amide bonds. The van der Waals surface area contributed by atoms with Crippen molar-refractivity contribution in [3.63, 3.8) is 0 Å². The molecular weight excluding hydrogens is 244 g/mol. The molecule has 0 spiro atoms. The molecule has 2 nitrogen and oxygen atoms in total. The molecule has 3 rings (SSSR count). The van der Waals surface area contributed by atoms with Gasteiger partial charge in [0.05, 0.1) is 11.4 Å². The Morgan fingerprint density at radius 1 is 0.850 bits per heavy atom. The maximum absolute atomic E-state index is 3.73. The highest BCUT2D eigenvalue weighted by molar-refractivity contribution is 5.61. The smallest absolute Gasteiger partial charge is 0.0577 e. The lowest BCUT2D eigenvalue weighted by Gasteiger charge is -2.31. The second-order valence-electron chi connectivity index (χ2n) is 5.65. The third kappa shape index (κ3) is 2.86. The molecule has 2 atom stereocenters. The largest absolute Gasteiger partial charge is 0.277 e. The fourth-order valence-corrected chi connectivity index (χ4v) is 2.96. The Balaban J connectivity index is 1.88. The minimum atomic E-state index is 0.565. The van der Waals surface area contributed by atoms with Crippen LogP contribution in [0.1, 0.15) is 26.2 Å². The Morgan fingerprint density at radius 2 is 1.40 bits per heavy atom. The fraction of sp³-hybridized carbons (Fsp3) is 0.333. The zero-order chi connectivity index (χ0) is 13.8. The van der Waals surface area contributed by atoms with Crippen LogP contribution < -0.4 is 10.4 Å². The van der Waals surface area contributed by atoms with Gasteiger partial charge in [-0.3, -0.25) is 5.01 Å². The molecule has 20 heavy (non-hydrogen) atoms. The Hall–Kier alpha value is -1.80. The fourth-order valence-electron chi connectivity index (χ4n) is 2.96. The molecule has 0 bridgehead atoms. The number of hydrazine groups is 1. The summed E-state index contributed by atoms with van der Waals surface area (Å²) < 4.78 is 0. The normalized spacial score (nSPS) is 21.9. The molecule has 1 aliphatic rings. The van der Waals surface area contributed by atoms with Gasteiger partial charge in [0.1, 0.15) is 0 Å². The highest BCUT2D eigenvalue weighted by Crippen LogP contribution is 2.29. The molecule has 104 valence electrons. The lowest BCUT2D eigenvalue weighted by Crippen LogP contribution is -2.43. The van der Waals surface area contributed by atoms with E-state index >= 15 is 0 Å². The van der Waals surface area contributed by atoms with Crippen molar-refractivity contribution in [3.8, 4) is 0 Å². The number of anilines is 2. The average molecular weight is 266 g/mol. The predicted octanol–water partition coefficient (Wildman–Crippen LogP) is 4.52. The molecule has 0 heterocycles. The molecule has 1 fully saturated rings. The molecule has 2 aromatic rings. The van der Waals surface area contributed by atoms with Gasteiger partial charge in [-0.2, -0.15) is 0 Å². The van der Waals surface area contributed by atoms with Crippen LogP contribution in [0, 0.1) is 5.92 Å². The van der Waals surface area contributed by atoms with Gasteiger partial charge in [0.15, 0.2) is 0 Å². The van der Waals surface area contributed by atoms with E-state index in [2.05, 4.69) is 78.0 Å². The van der Waals surface area contributed by atoms with E-state index in [9.17, 15) is 0 Å². The number of hydrogen-bond acceptors (Lipinski definition) is 2. The summed E-state index contributed by atoms with van der Waals surface area (Å²) in [6.07, 6.45) is 3.92. The first-order chi connectivity index (χ1) is 9.84. The zero-order valence-corrected chi connectivity index (χ0v) is 12.0. The van der Waals surface area contributed by atoms with Crippen LogP contribution in [0.4, 0.5) is 11.4 Å². The Labute approximate surface area is 121 Å². The van der Waals surface area contributed by atoms with Crippen molar-refractivity contribution in [1.29, 1.82) is 0 Å². The van der Waals surface area contributed by atoms with Crippen molar-refractivity contribution < 1.29 is 0 Å². The van der Waals surface area contributed by atoms with Crippen molar-refractivity contribution in [2.24, 2.45) is 5.92 Å². The van der Waals surface area contributed by atoms with Crippen molar-refractivity contribution in [1.82, 2.24) is 5.43 Å². The van der Waals surface area contributed by atoms with Crippen LogP contribution in [0.3, 0.4) is 0 Å². The highest BCUT2D eigenvalue weighted by atomic mass is 15.5. The maximum Gasteiger partial charge on any atom is 0.0577 e. The van der Waals surface area contributed by atoms with Gasteiger partial charge >= 0.3 is 0 Å². The van der Waals surface area contributed by atoms with E-state index in [4.69, 9.17) is 0 Å². The zero-order valence-electron chi connectivity index (χ0n) is 12.0. The van der Waals surface area contributed by atoms with Crippen LogP contribution in [0.25, 0.3) is 0 Å². The first kappa shape index (κ1) is 13.2. The maximum atomic E-state index is 3.73. The van der Waals surface area contributed by atoms with Gasteiger partial charge in [0, 0.05) is 6.04 Å². The summed E-state index contributed by atoms with van der Waals surface area (Å²) in [5.41, 5.74) is 6.12. The van der Waals surface area contributed by atoms with Gasteiger partial charge in [0.25, 0.3) is 0 Å². The lowest BCUT2D eigenvalue weighted by atomic mass is 10.1. The number of nitrogens with zero attached hydrogens (tertiary/aromatic N) is 1. The SMILES string of the molecule is CC1CCCC1NN(c1ccccc1)c1ccccc1. The molecule has 2 heteroatoms. The molecule has 0 aromatic heterocycles. The Morgan fingerprint density at radius 3 is 1.85 bits per heavy atom. The van der Waals surface area contributed by atoms with Crippen LogP contribution in [-0.4, -0.2) is 6.04 Å². The van der Waals surface area contributed by atoms with Crippen LogP contribution in [0.2, 0.25) is 0 Å². The summed E-state index contributed by atoms with van der Waals surface area (Å²) in [6.45, 7) is 2.35. The van der Waals surface area contributed by atoms with E-state index in [1.165, 1.54) is 30.6 Å². The summed E-state index contributed by atoms with van der Waals surface area (Å²) in [4.78, 5) is 0. The predicted molar refractivity (Wildman–Crippen MR) is 85.0 cm³/mol. The third-order valence-corrected chi connectivity index (χ3v) is 4.19. The molecule has 1 saturated carbocycles. The lowest BCUT2D eigenvalue weighted by molar-refractivity contribution is 0.432. The quantitative estimate of drug-likeness (QED) is 0.819. The van der Waals surface area contributed by atoms with E-state index in [0.717, 1.165) is 5.92 Å². The number of hydrogen-bond donors (Lipinski definition) is 1. The highest BCUT2D eigenvalue weighted by Gasteiger charge is 2.25. The van der Waals surface area contributed by atoms with Crippen LogP contribution in [0.15, 0.2) is 60.7 Å². The number of para-hydroxylation sites is 2. The number of rotatable bonds is 4. The number of benzene rings is 2. The third-order valence-electron chi connectivity index (χ3n) is 4.19. The van der Waals surface area contributed by atoms with Gasteiger partial charge in [-0.15, -0.1) is 0 Å². The first-order valence-corrected chi connectivity index (χ1v) is 7.51. The molecule has 2 unspecified atom stereocenters. The minimum absolute atomic E-state index is 0.565. The second kappa shape index (κ2) is 6.10. The van der Waals surface area contributed by atoms with E-state index in [0.29, 0.717) is 6.04 Å². The van der Waals surface area contributed by atoms with Crippen molar-refractivity contribution in [2.45, 2.75) is 32.2 Å². The Bertz CT molecular complexity index is 484. The van der Waals surface area contributed by atoms with E-state index in [1.807, 2.05) is 0 Å². The van der Waals surface area contributed by atoms with Crippen LogP contribution >= 0.6 is 0 Å². The molecule has 1 aliphatic carbocycles. The van der Waals surface area contributed by atoms with Gasteiger partial charge < -0.3 is 0 Å². The van der Waals surface area contributed by atoms with E-state index < -0.39 is 0 Å². The molecule has 0 aliphatic heterocycles. The molecule has 2 aromatic carbocycles. The van der Waals surface area contributed by atoms with Crippen molar-refractivity contribution in [2.75, 3.05) is 5.01 Å². The molecule has 1 N–H and O–H groups in total. The minimum Gasteiger partial charge on any atom is -0.277 e. The van der Waals surface area contributed by atoms with Crippen molar-refractivity contribution >= 4 is 11.4 Å². The summed E-state index contributed by atoms with van der Waals surface area (Å²) in [5, 5.41) is 2.23. The average Bonchev–Trinajstić information content (AvgIpc) is 2.92.